The van der Waals surface area contributed by atoms with Crippen molar-refractivity contribution < 1.29 is 14.3 Å². The van der Waals surface area contributed by atoms with Crippen molar-refractivity contribution in [3.8, 4) is 5.75 Å². The first kappa shape index (κ1) is 17.6. The number of amides is 2. The van der Waals surface area contributed by atoms with E-state index in [-0.39, 0.29) is 6.03 Å². The number of urea groups is 1. The maximum Gasteiger partial charge on any atom is 0.317 e. The molecule has 0 unspecified atom stereocenters. The van der Waals surface area contributed by atoms with Crippen molar-refractivity contribution in [3.63, 3.8) is 0 Å². The molecule has 1 heterocycles. The van der Waals surface area contributed by atoms with E-state index in [1.807, 2.05) is 43.3 Å². The van der Waals surface area contributed by atoms with Gasteiger partial charge in [0.15, 0.2) is 0 Å². The fraction of sp³-hybridized carbons (Fsp3) is 0.588. The molecule has 0 spiro atoms. The summed E-state index contributed by atoms with van der Waals surface area (Å²) in [5, 5.41) is 2.98. The van der Waals surface area contributed by atoms with Crippen LogP contribution in [0.4, 0.5) is 4.79 Å². The first-order valence-electron chi connectivity index (χ1n) is 7.96. The Morgan fingerprint density at radius 2 is 2.30 bits per heavy atom. The van der Waals surface area contributed by atoms with Gasteiger partial charge in [-0.2, -0.15) is 0 Å². The van der Waals surface area contributed by atoms with Crippen LogP contribution in [0.2, 0.25) is 0 Å². The number of nitrogens with one attached hydrogen (secondary N) is 1. The van der Waals surface area contributed by atoms with Crippen molar-refractivity contribution in [1.82, 2.24) is 15.1 Å². The van der Waals surface area contributed by atoms with Crippen LogP contribution in [0.15, 0.2) is 24.3 Å². The highest BCUT2D eigenvalue weighted by Crippen LogP contribution is 2.13. The van der Waals surface area contributed by atoms with Gasteiger partial charge in [0.25, 0.3) is 0 Å². The van der Waals surface area contributed by atoms with E-state index in [1.165, 1.54) is 0 Å². The highest BCUT2D eigenvalue weighted by atomic mass is 16.5. The average Bonchev–Trinajstić information content (AvgIpc) is 2.78. The van der Waals surface area contributed by atoms with Gasteiger partial charge in [0.2, 0.25) is 0 Å². The molecule has 6 nitrogen and oxygen atoms in total. The number of benzene rings is 1. The van der Waals surface area contributed by atoms with E-state index in [9.17, 15) is 4.79 Å². The second-order valence-corrected chi connectivity index (χ2v) is 6.16. The van der Waals surface area contributed by atoms with Gasteiger partial charge in [-0.25, -0.2) is 4.79 Å². The van der Waals surface area contributed by atoms with E-state index < -0.39 is 0 Å². The molecule has 2 rings (SSSR count). The zero-order valence-electron chi connectivity index (χ0n) is 14.2. The van der Waals surface area contributed by atoms with Crippen LogP contribution in [0.1, 0.15) is 5.56 Å². The Labute approximate surface area is 138 Å². The molecule has 1 N–H and O–H groups in total. The molecule has 0 saturated carbocycles. The monoisotopic (exact) mass is 321 g/mol. The Balaban J connectivity index is 1.88. The molecule has 0 radical (unpaired) electrons. The number of ether oxygens (including phenoxy) is 2. The Morgan fingerprint density at radius 3 is 3.04 bits per heavy atom. The van der Waals surface area contributed by atoms with Crippen LogP contribution in [0, 0.1) is 5.92 Å². The second kappa shape index (κ2) is 8.74. The molecule has 6 heteroatoms. The largest absolute Gasteiger partial charge is 0.497 e. The number of carbonyl (C=O) groups excluding carboxylic acids is 1. The third-order valence-corrected chi connectivity index (χ3v) is 3.83. The number of hydrogen-bond acceptors (Lipinski definition) is 4. The van der Waals surface area contributed by atoms with Gasteiger partial charge in [-0.15, -0.1) is 0 Å². The topological polar surface area (TPSA) is 54.0 Å². The standard InChI is InChI=1S/C17H27N3O3/c1-19(2)11-15-12-20(7-8-23-13-15)17(21)18-10-14-5-4-6-16(9-14)22-3/h4-6,9,15H,7-8,10-13H2,1-3H3,(H,18,21)/t15-/m1/s1. The van der Waals surface area contributed by atoms with E-state index in [4.69, 9.17) is 9.47 Å². The van der Waals surface area contributed by atoms with Gasteiger partial charge in [-0.05, 0) is 31.8 Å². The summed E-state index contributed by atoms with van der Waals surface area (Å²) in [6, 6.07) is 7.68. The van der Waals surface area contributed by atoms with Crippen LogP contribution in [0.3, 0.4) is 0 Å². The quantitative estimate of drug-likeness (QED) is 0.891. The first-order chi connectivity index (χ1) is 11.1. The summed E-state index contributed by atoms with van der Waals surface area (Å²) in [6.07, 6.45) is 0. The van der Waals surface area contributed by atoms with Gasteiger partial charge in [0.05, 0.1) is 20.3 Å². The van der Waals surface area contributed by atoms with Crippen LogP contribution in [-0.2, 0) is 11.3 Å². The molecular weight excluding hydrogens is 294 g/mol. The molecule has 1 aliphatic heterocycles. The highest BCUT2D eigenvalue weighted by Gasteiger charge is 2.22. The number of hydrogen-bond donors (Lipinski definition) is 1. The van der Waals surface area contributed by atoms with Gasteiger partial charge < -0.3 is 24.6 Å². The maximum atomic E-state index is 12.4. The third-order valence-electron chi connectivity index (χ3n) is 3.83. The molecule has 23 heavy (non-hydrogen) atoms. The summed E-state index contributed by atoms with van der Waals surface area (Å²) >= 11 is 0. The number of rotatable bonds is 5. The normalized spacial score (nSPS) is 18.6. The van der Waals surface area contributed by atoms with Gasteiger partial charge in [0.1, 0.15) is 5.75 Å². The Hall–Kier alpha value is -1.79. The molecule has 128 valence electrons. The molecule has 1 saturated heterocycles. The number of methoxy groups -OCH3 is 1. The average molecular weight is 321 g/mol. The fourth-order valence-electron chi connectivity index (χ4n) is 2.76. The van der Waals surface area contributed by atoms with Gasteiger partial charge in [0, 0.05) is 32.1 Å². The van der Waals surface area contributed by atoms with Crippen LogP contribution in [0.25, 0.3) is 0 Å². The van der Waals surface area contributed by atoms with Crippen molar-refractivity contribution in [1.29, 1.82) is 0 Å². The van der Waals surface area contributed by atoms with Crippen LogP contribution in [0.5, 0.6) is 5.75 Å². The van der Waals surface area contributed by atoms with Gasteiger partial charge >= 0.3 is 6.03 Å². The zero-order valence-corrected chi connectivity index (χ0v) is 14.2. The molecule has 1 aromatic carbocycles. The van der Waals surface area contributed by atoms with E-state index in [0.29, 0.717) is 32.2 Å². The Bertz CT molecular complexity index is 508. The predicted molar refractivity (Wildman–Crippen MR) is 89.7 cm³/mol. The van der Waals surface area contributed by atoms with E-state index in [0.717, 1.165) is 24.4 Å². The maximum absolute atomic E-state index is 12.4. The zero-order chi connectivity index (χ0) is 16.7. The summed E-state index contributed by atoms with van der Waals surface area (Å²) in [7, 11) is 5.72. The highest BCUT2D eigenvalue weighted by molar-refractivity contribution is 5.74. The molecule has 1 fully saturated rings. The third kappa shape index (κ3) is 5.73. The minimum atomic E-state index is -0.0397. The lowest BCUT2D eigenvalue weighted by Crippen LogP contribution is -2.44. The Morgan fingerprint density at radius 1 is 1.48 bits per heavy atom. The van der Waals surface area contributed by atoms with Crippen molar-refractivity contribution in [2.24, 2.45) is 5.92 Å². The molecular formula is C17H27N3O3. The van der Waals surface area contributed by atoms with E-state index in [2.05, 4.69) is 10.2 Å². The van der Waals surface area contributed by atoms with Gasteiger partial charge in [-0.1, -0.05) is 12.1 Å². The van der Waals surface area contributed by atoms with Crippen molar-refractivity contribution in [3.05, 3.63) is 29.8 Å². The molecule has 0 aliphatic carbocycles. The lowest BCUT2D eigenvalue weighted by molar-refractivity contribution is 0.112. The summed E-state index contributed by atoms with van der Waals surface area (Å²) < 4.78 is 10.8. The molecule has 2 amide bonds. The van der Waals surface area contributed by atoms with Crippen LogP contribution in [-0.4, -0.2) is 69.9 Å². The lowest BCUT2D eigenvalue weighted by atomic mass is 10.1. The SMILES string of the molecule is COc1cccc(CNC(=O)N2CCOC[C@H](CN(C)C)C2)c1. The van der Waals surface area contributed by atoms with Crippen molar-refractivity contribution in [2.45, 2.75) is 6.54 Å². The second-order valence-electron chi connectivity index (χ2n) is 6.16. The lowest BCUT2D eigenvalue weighted by Gasteiger charge is -2.25. The first-order valence-corrected chi connectivity index (χ1v) is 7.96. The van der Waals surface area contributed by atoms with Crippen LogP contribution >= 0.6 is 0 Å². The van der Waals surface area contributed by atoms with Crippen molar-refractivity contribution in [2.75, 3.05) is 54.1 Å². The van der Waals surface area contributed by atoms with E-state index >= 15 is 0 Å². The molecule has 1 aromatic rings. The smallest absolute Gasteiger partial charge is 0.317 e. The number of carbonyl (C=O) groups is 1. The van der Waals surface area contributed by atoms with Crippen LogP contribution < -0.4 is 10.1 Å². The molecule has 0 aromatic heterocycles. The van der Waals surface area contributed by atoms with Gasteiger partial charge in [-0.3, -0.25) is 0 Å². The Kier molecular flexibility index (Phi) is 6.67. The summed E-state index contributed by atoms with van der Waals surface area (Å²) in [5.41, 5.74) is 1.02. The minimum absolute atomic E-state index is 0.0397. The molecule has 1 aliphatic rings. The fourth-order valence-corrected chi connectivity index (χ4v) is 2.76. The number of nitrogens with zero attached hydrogens (tertiary/aromatic N) is 2. The van der Waals surface area contributed by atoms with E-state index in [1.54, 1.807) is 7.11 Å². The minimum Gasteiger partial charge on any atom is -0.497 e. The van der Waals surface area contributed by atoms with Crippen molar-refractivity contribution >= 4 is 6.03 Å². The summed E-state index contributed by atoms with van der Waals surface area (Å²) in [5.74, 6) is 1.14. The molecule has 0 bridgehead atoms. The summed E-state index contributed by atoms with van der Waals surface area (Å²) in [6.45, 7) is 4.07. The predicted octanol–water partition coefficient (Wildman–Crippen LogP) is 1.41. The molecule has 1 atom stereocenters. The summed E-state index contributed by atoms with van der Waals surface area (Å²) in [4.78, 5) is 16.4.